The van der Waals surface area contributed by atoms with Crippen molar-refractivity contribution in [3.63, 3.8) is 0 Å². The summed E-state index contributed by atoms with van der Waals surface area (Å²) in [4.78, 5) is 37.3. The molecule has 15 aromatic carbocycles. The summed E-state index contributed by atoms with van der Waals surface area (Å²) >= 11 is 3.66. The second-order valence-electron chi connectivity index (χ2n) is 27.4. The van der Waals surface area contributed by atoms with Crippen LogP contribution in [0.15, 0.2) is 358 Å². The van der Waals surface area contributed by atoms with Crippen LogP contribution in [0.2, 0.25) is 0 Å². The highest BCUT2D eigenvalue weighted by atomic mass is 32.1. The molecule has 0 aliphatic rings. The topological polar surface area (TPSA) is 90.2 Å². The zero-order chi connectivity index (χ0) is 71.2. The van der Waals surface area contributed by atoms with E-state index in [-0.39, 0.29) is 0 Å². The van der Waals surface area contributed by atoms with E-state index in [4.69, 9.17) is 34.9 Å². The van der Waals surface area contributed by atoms with Gasteiger partial charge in [0.05, 0.1) is 33.8 Å². The number of fused-ring (bicyclic) bond motifs is 13. The summed E-state index contributed by atoms with van der Waals surface area (Å²) in [6.07, 6.45) is 0. The van der Waals surface area contributed by atoms with Gasteiger partial charge in [0.15, 0.2) is 23.3 Å². The molecule has 0 fully saturated rings. The first-order valence-electron chi connectivity index (χ1n) is 36.2. The number of hydrogen-bond acceptors (Lipinski definition) is 9. The normalized spacial score (nSPS) is 11.7. The lowest BCUT2D eigenvalue weighted by Gasteiger charge is -2.13. The number of pyridine rings is 2. The molecule has 6 heterocycles. The number of nitrogens with zero attached hydrogens (tertiary/aromatic N) is 7. The molecule has 0 amide bonds. The Kier molecular flexibility index (Phi) is 15.2. The Morgan fingerprint density at radius 1 is 0.185 bits per heavy atom. The molecule has 9 heteroatoms. The van der Waals surface area contributed by atoms with Crippen LogP contribution in [-0.2, 0) is 0 Å². The Bertz CT molecular complexity index is 7110. The van der Waals surface area contributed by atoms with Gasteiger partial charge in [-0.2, -0.15) is 0 Å². The van der Waals surface area contributed by atoms with Crippen LogP contribution in [-0.4, -0.2) is 34.9 Å². The molecule has 0 saturated carbocycles. The number of rotatable bonds is 12. The van der Waals surface area contributed by atoms with E-state index in [9.17, 15) is 0 Å². The van der Waals surface area contributed by atoms with E-state index in [0.29, 0.717) is 23.3 Å². The molecule has 7 nitrogen and oxygen atoms in total. The fourth-order valence-corrected chi connectivity index (χ4v) is 18.1. The second kappa shape index (κ2) is 26.1. The third kappa shape index (κ3) is 11.1. The average molecular weight is 1410 g/mol. The average Bonchev–Trinajstić information content (AvgIpc) is 1.52. The minimum absolute atomic E-state index is 0.609. The van der Waals surface area contributed by atoms with Crippen LogP contribution >= 0.6 is 22.7 Å². The van der Waals surface area contributed by atoms with Crippen molar-refractivity contribution < 1.29 is 0 Å². The molecule has 108 heavy (non-hydrogen) atoms. The van der Waals surface area contributed by atoms with Gasteiger partial charge in [-0.1, -0.05) is 303 Å². The number of benzene rings is 15. The lowest BCUT2D eigenvalue weighted by Crippen LogP contribution is -2.00. The van der Waals surface area contributed by atoms with Crippen molar-refractivity contribution in [1.82, 2.24) is 34.9 Å². The Hall–Kier alpha value is -13.8. The van der Waals surface area contributed by atoms with Gasteiger partial charge in [-0.25, -0.2) is 34.9 Å². The minimum Gasteiger partial charge on any atom is -0.247 e. The fourth-order valence-electron chi connectivity index (χ4n) is 15.6. The molecule has 0 saturated heterocycles. The summed E-state index contributed by atoms with van der Waals surface area (Å²) in [6, 6.07) is 127. The SMILES string of the molecule is c1ccc(-c2ccc(-c3nc(-c4ccccc4)nc(-c4ccc(-c5ccc6sc7c8cc(-c9cccc%10nc(-c%11ccccc%11)c%11c%12cc(-c%13cc(-c%14ccc(-c%15cc%16ccccc%16c%16ccccc%15%16)cc%14)nc(-c%14ccccc%14)n%13)ccc%12sc%11c9%10)ccc8nc(-c8ccccc8)c7c6c5)cc4)n3)cc2)cc1. The largest absolute Gasteiger partial charge is 0.247 e. The van der Waals surface area contributed by atoms with E-state index < -0.39 is 0 Å². The highest BCUT2D eigenvalue weighted by Gasteiger charge is 2.24. The van der Waals surface area contributed by atoms with Crippen molar-refractivity contribution in [2.45, 2.75) is 0 Å². The lowest BCUT2D eigenvalue weighted by molar-refractivity contribution is 1.07. The van der Waals surface area contributed by atoms with Gasteiger partial charge >= 0.3 is 0 Å². The molecule has 0 unspecified atom stereocenters. The van der Waals surface area contributed by atoms with E-state index in [2.05, 4.69) is 315 Å². The van der Waals surface area contributed by atoms with Crippen molar-refractivity contribution in [1.29, 1.82) is 0 Å². The van der Waals surface area contributed by atoms with Crippen molar-refractivity contribution in [3.05, 3.63) is 358 Å². The highest BCUT2D eigenvalue weighted by molar-refractivity contribution is 7.27. The summed E-state index contributed by atoms with van der Waals surface area (Å²) in [6.45, 7) is 0. The zero-order valence-corrected chi connectivity index (χ0v) is 59.6. The first-order valence-corrected chi connectivity index (χ1v) is 37.9. The third-order valence-corrected chi connectivity index (χ3v) is 23.3. The van der Waals surface area contributed by atoms with Gasteiger partial charge in [0.2, 0.25) is 0 Å². The monoisotopic (exact) mass is 1410 g/mol. The van der Waals surface area contributed by atoms with Gasteiger partial charge in [-0.3, -0.25) is 0 Å². The minimum atomic E-state index is 0.609. The summed E-state index contributed by atoms with van der Waals surface area (Å²) < 4.78 is 4.73. The molecular formula is C99H59N7S2. The van der Waals surface area contributed by atoms with Crippen LogP contribution in [0.3, 0.4) is 0 Å². The molecule has 21 rings (SSSR count). The molecule has 0 radical (unpaired) electrons. The third-order valence-electron chi connectivity index (χ3n) is 20.9. The lowest BCUT2D eigenvalue weighted by atomic mass is 9.92. The summed E-state index contributed by atoms with van der Waals surface area (Å²) in [5, 5.41) is 11.7. The fraction of sp³-hybridized carbons (Fsp3) is 0. The molecule has 0 N–H and O–H groups in total. The van der Waals surface area contributed by atoms with Crippen molar-refractivity contribution in [2.75, 3.05) is 0 Å². The molecule has 0 bridgehead atoms. The zero-order valence-electron chi connectivity index (χ0n) is 58.0. The van der Waals surface area contributed by atoms with Crippen molar-refractivity contribution >= 4 is 106 Å². The summed E-state index contributed by atoms with van der Waals surface area (Å²) in [5.41, 5.74) is 22.3. The standard InChI is InChI=1S/C99H59N7S2/c1-6-21-60(22-7-1)61-37-45-69(46-38-61)98-104-97(68-29-14-5-15-30-68)105-99(106-98)70-47-39-62(40-48-70)71-50-53-87-81(55-71)90-92(65-23-8-2-9-24-65)100-83-52-49-73(57-80(83)94(90)107-87)76-35-20-36-84-89(76)95-91(93(101-84)66-25-10-3-11-26-66)82-58-74(51-54-88(82)108-95)86-59-85(102-96(103-86)67-27-12-4-13-28-67)64-43-41-63(42-44-64)79-56-72-31-16-17-32-75(72)77-33-18-19-34-78(77)79/h1-59H. The van der Waals surface area contributed by atoms with Crippen molar-refractivity contribution in [2.24, 2.45) is 0 Å². The van der Waals surface area contributed by atoms with E-state index in [1.807, 2.05) is 65.1 Å². The van der Waals surface area contributed by atoms with Gasteiger partial charge in [-0.15, -0.1) is 22.7 Å². The maximum absolute atomic E-state index is 5.69. The first kappa shape index (κ1) is 62.7. The maximum Gasteiger partial charge on any atom is 0.164 e. The number of hydrogen-bond donors (Lipinski definition) is 0. The predicted molar refractivity (Wildman–Crippen MR) is 452 cm³/mol. The van der Waals surface area contributed by atoms with Crippen LogP contribution in [0, 0.1) is 0 Å². The molecule has 502 valence electrons. The Balaban J connectivity index is 0.672. The Labute approximate surface area is 629 Å². The van der Waals surface area contributed by atoms with Crippen LogP contribution in [0.4, 0.5) is 0 Å². The van der Waals surface area contributed by atoms with Crippen LogP contribution in [0.5, 0.6) is 0 Å². The van der Waals surface area contributed by atoms with Gasteiger partial charge in [0.1, 0.15) is 0 Å². The van der Waals surface area contributed by atoms with Crippen molar-refractivity contribution in [3.8, 4) is 135 Å². The molecule has 0 aliphatic heterocycles. The number of thiophene rings is 2. The maximum atomic E-state index is 5.69. The van der Waals surface area contributed by atoms with Crippen LogP contribution in [0.1, 0.15) is 0 Å². The number of aromatic nitrogens is 7. The summed E-state index contributed by atoms with van der Waals surface area (Å²) in [5.74, 6) is 2.52. The van der Waals surface area contributed by atoms with Gasteiger partial charge in [-0.05, 0) is 121 Å². The quantitative estimate of drug-likeness (QED) is 0.113. The van der Waals surface area contributed by atoms with Gasteiger partial charge in [0, 0.05) is 95.6 Å². The van der Waals surface area contributed by atoms with Gasteiger partial charge in [0.25, 0.3) is 0 Å². The highest BCUT2D eigenvalue weighted by Crippen LogP contribution is 2.50. The van der Waals surface area contributed by atoms with E-state index in [0.717, 1.165) is 150 Å². The molecular weight excluding hydrogens is 1350 g/mol. The smallest absolute Gasteiger partial charge is 0.164 e. The summed E-state index contributed by atoms with van der Waals surface area (Å²) in [7, 11) is 0. The molecule has 0 aliphatic carbocycles. The molecule has 0 spiro atoms. The molecule has 0 atom stereocenters. The van der Waals surface area contributed by atoms with Gasteiger partial charge < -0.3 is 0 Å². The predicted octanol–water partition coefficient (Wildman–Crippen LogP) is 26.8. The van der Waals surface area contributed by atoms with Crippen LogP contribution < -0.4 is 0 Å². The second-order valence-corrected chi connectivity index (χ2v) is 29.5. The van der Waals surface area contributed by atoms with E-state index in [1.54, 1.807) is 0 Å². The molecule has 6 aromatic heterocycles. The first-order chi connectivity index (χ1) is 53.5. The Morgan fingerprint density at radius 2 is 0.593 bits per heavy atom. The van der Waals surface area contributed by atoms with E-state index in [1.165, 1.54) is 45.9 Å². The van der Waals surface area contributed by atoms with E-state index >= 15 is 0 Å². The molecule has 21 aromatic rings. The Morgan fingerprint density at radius 3 is 1.20 bits per heavy atom. The van der Waals surface area contributed by atoms with Crippen LogP contribution in [0.25, 0.3) is 219 Å².